The Morgan fingerprint density at radius 1 is 0.958 bits per heavy atom. The van der Waals surface area contributed by atoms with Crippen LogP contribution in [0.2, 0.25) is 0 Å². The highest BCUT2D eigenvalue weighted by Crippen LogP contribution is 2.26. The fraction of sp³-hybridized carbons (Fsp3) is 0.190. The van der Waals surface area contributed by atoms with Crippen molar-refractivity contribution in [2.75, 3.05) is 11.9 Å². The predicted molar refractivity (Wildman–Crippen MR) is 96.5 cm³/mol. The Morgan fingerprint density at radius 2 is 1.79 bits per heavy atom. The van der Waals surface area contributed by atoms with Crippen LogP contribution in [0, 0.1) is 0 Å². The fourth-order valence-electron chi connectivity index (χ4n) is 3.31. The molecule has 0 radical (unpaired) electrons. The van der Waals surface area contributed by atoms with Gasteiger partial charge in [-0.15, -0.1) is 0 Å². The van der Waals surface area contributed by atoms with Gasteiger partial charge in [-0.25, -0.2) is 0 Å². The van der Waals surface area contributed by atoms with Crippen LogP contribution in [0.1, 0.15) is 17.5 Å². The van der Waals surface area contributed by atoms with Crippen molar-refractivity contribution >= 4 is 22.4 Å². The number of carbonyl (C=O) groups is 1. The highest BCUT2D eigenvalue weighted by Gasteiger charge is 2.12. The first-order chi connectivity index (χ1) is 11.8. The van der Waals surface area contributed by atoms with Gasteiger partial charge >= 0.3 is 0 Å². The van der Waals surface area contributed by atoms with Crippen molar-refractivity contribution in [3.63, 3.8) is 0 Å². The molecule has 0 unspecified atom stereocenters. The van der Waals surface area contributed by atoms with E-state index in [0.717, 1.165) is 35.1 Å². The predicted octanol–water partition coefficient (Wildman–Crippen LogP) is 4.35. The van der Waals surface area contributed by atoms with Crippen LogP contribution < -0.4 is 10.1 Å². The number of rotatable bonds is 4. The van der Waals surface area contributed by atoms with E-state index in [9.17, 15) is 4.79 Å². The minimum absolute atomic E-state index is 0.00505. The molecule has 0 atom stereocenters. The summed E-state index contributed by atoms with van der Waals surface area (Å²) in [6.07, 6.45) is 3.45. The Balaban J connectivity index is 1.43. The van der Waals surface area contributed by atoms with E-state index in [1.807, 2.05) is 48.5 Å². The first-order valence-electron chi connectivity index (χ1n) is 8.32. The van der Waals surface area contributed by atoms with E-state index < -0.39 is 0 Å². The van der Waals surface area contributed by atoms with Gasteiger partial charge in [0.15, 0.2) is 6.61 Å². The average molecular weight is 317 g/mol. The molecule has 0 aromatic heterocycles. The molecule has 0 aliphatic heterocycles. The van der Waals surface area contributed by atoms with Gasteiger partial charge in [0.25, 0.3) is 5.91 Å². The molecule has 0 fully saturated rings. The molecule has 3 aromatic carbocycles. The third-order valence-corrected chi connectivity index (χ3v) is 4.49. The Bertz CT molecular complexity index is 896. The molecular formula is C21H19NO2. The van der Waals surface area contributed by atoms with Crippen molar-refractivity contribution in [2.24, 2.45) is 0 Å². The lowest BCUT2D eigenvalue weighted by Gasteiger charge is -2.10. The topological polar surface area (TPSA) is 38.3 Å². The van der Waals surface area contributed by atoms with Crippen LogP contribution >= 0.6 is 0 Å². The number of hydrogen-bond donors (Lipinski definition) is 1. The summed E-state index contributed by atoms with van der Waals surface area (Å²) >= 11 is 0. The van der Waals surface area contributed by atoms with Gasteiger partial charge in [0.05, 0.1) is 0 Å². The third kappa shape index (κ3) is 2.98. The zero-order valence-corrected chi connectivity index (χ0v) is 13.4. The van der Waals surface area contributed by atoms with Crippen LogP contribution in [0.4, 0.5) is 5.69 Å². The quantitative estimate of drug-likeness (QED) is 0.777. The molecule has 0 spiro atoms. The summed E-state index contributed by atoms with van der Waals surface area (Å²) < 4.78 is 5.73. The molecule has 3 nitrogen and oxygen atoms in total. The second-order valence-electron chi connectivity index (χ2n) is 6.15. The van der Waals surface area contributed by atoms with Crippen LogP contribution in [-0.2, 0) is 17.6 Å². The standard InChI is InChI=1S/C21H19NO2/c23-21(22-18-12-11-15-6-3-8-17(15)13-18)14-24-20-10-4-7-16-5-1-2-9-19(16)20/h1-2,4-5,7,9-13H,3,6,8,14H2,(H,22,23). The molecule has 120 valence electrons. The lowest BCUT2D eigenvalue weighted by Crippen LogP contribution is -2.20. The van der Waals surface area contributed by atoms with Crippen molar-refractivity contribution in [1.82, 2.24) is 0 Å². The molecule has 0 saturated heterocycles. The first-order valence-corrected chi connectivity index (χ1v) is 8.32. The molecule has 3 heteroatoms. The van der Waals surface area contributed by atoms with Crippen LogP contribution in [0.5, 0.6) is 5.75 Å². The van der Waals surface area contributed by atoms with E-state index >= 15 is 0 Å². The SMILES string of the molecule is O=C(COc1cccc2ccccc12)Nc1ccc2c(c1)CCC2. The molecule has 24 heavy (non-hydrogen) atoms. The summed E-state index contributed by atoms with van der Waals surface area (Å²) in [6, 6.07) is 20.0. The van der Waals surface area contributed by atoms with E-state index in [-0.39, 0.29) is 12.5 Å². The Labute approximate surface area is 141 Å². The Morgan fingerprint density at radius 3 is 2.75 bits per heavy atom. The number of ether oxygens (including phenoxy) is 1. The van der Waals surface area contributed by atoms with Crippen LogP contribution in [0.15, 0.2) is 60.7 Å². The summed E-state index contributed by atoms with van der Waals surface area (Å²) in [5.41, 5.74) is 3.60. The third-order valence-electron chi connectivity index (χ3n) is 4.49. The van der Waals surface area contributed by atoms with Crippen molar-refractivity contribution < 1.29 is 9.53 Å². The first kappa shape index (κ1) is 14.8. The number of fused-ring (bicyclic) bond motifs is 2. The average Bonchev–Trinajstić information content (AvgIpc) is 3.07. The molecule has 1 N–H and O–H groups in total. The number of aryl methyl sites for hydroxylation is 2. The summed E-state index contributed by atoms with van der Waals surface area (Å²) in [6.45, 7) is 0.00505. The second kappa shape index (κ2) is 6.36. The van der Waals surface area contributed by atoms with Crippen molar-refractivity contribution in [2.45, 2.75) is 19.3 Å². The highest BCUT2D eigenvalue weighted by molar-refractivity contribution is 5.93. The number of anilines is 1. The van der Waals surface area contributed by atoms with Gasteiger partial charge in [-0.2, -0.15) is 0 Å². The minimum Gasteiger partial charge on any atom is -0.483 e. The molecule has 0 heterocycles. The monoisotopic (exact) mass is 317 g/mol. The molecule has 0 saturated carbocycles. The fourth-order valence-corrected chi connectivity index (χ4v) is 3.31. The summed E-state index contributed by atoms with van der Waals surface area (Å²) in [4.78, 5) is 12.2. The zero-order chi connectivity index (χ0) is 16.4. The van der Waals surface area contributed by atoms with Gasteiger partial charge in [0.1, 0.15) is 5.75 Å². The van der Waals surface area contributed by atoms with Crippen LogP contribution in [0.3, 0.4) is 0 Å². The maximum absolute atomic E-state index is 12.2. The van der Waals surface area contributed by atoms with Gasteiger partial charge in [-0.3, -0.25) is 4.79 Å². The summed E-state index contributed by atoms with van der Waals surface area (Å²) in [7, 11) is 0. The van der Waals surface area contributed by atoms with Gasteiger partial charge in [-0.1, -0.05) is 42.5 Å². The molecule has 3 aromatic rings. The van der Waals surface area contributed by atoms with Crippen molar-refractivity contribution in [1.29, 1.82) is 0 Å². The zero-order valence-electron chi connectivity index (χ0n) is 13.4. The normalized spacial score (nSPS) is 12.8. The Hall–Kier alpha value is -2.81. The van der Waals surface area contributed by atoms with Crippen LogP contribution in [0.25, 0.3) is 10.8 Å². The van der Waals surface area contributed by atoms with Crippen molar-refractivity contribution in [3.05, 3.63) is 71.8 Å². The van der Waals surface area contributed by atoms with Gasteiger partial charge in [0.2, 0.25) is 0 Å². The molecule has 4 rings (SSSR count). The number of benzene rings is 3. The minimum atomic E-state index is -0.138. The number of amides is 1. The highest BCUT2D eigenvalue weighted by atomic mass is 16.5. The number of hydrogen-bond acceptors (Lipinski definition) is 2. The largest absolute Gasteiger partial charge is 0.483 e. The Kier molecular flexibility index (Phi) is 3.91. The molecule has 1 amide bonds. The van der Waals surface area contributed by atoms with E-state index in [4.69, 9.17) is 4.74 Å². The number of carbonyl (C=O) groups excluding carboxylic acids is 1. The molecule has 0 bridgehead atoms. The number of nitrogens with one attached hydrogen (secondary N) is 1. The summed E-state index contributed by atoms with van der Waals surface area (Å²) in [5.74, 6) is 0.595. The molecule has 1 aliphatic rings. The second-order valence-corrected chi connectivity index (χ2v) is 6.15. The van der Waals surface area contributed by atoms with Crippen molar-refractivity contribution in [3.8, 4) is 5.75 Å². The lowest BCUT2D eigenvalue weighted by atomic mass is 10.1. The van der Waals surface area contributed by atoms with Crippen LogP contribution in [-0.4, -0.2) is 12.5 Å². The van der Waals surface area contributed by atoms with Gasteiger partial charge in [-0.05, 0) is 54.0 Å². The molecule has 1 aliphatic carbocycles. The molecular weight excluding hydrogens is 298 g/mol. The van der Waals surface area contributed by atoms with Gasteiger partial charge < -0.3 is 10.1 Å². The maximum atomic E-state index is 12.2. The maximum Gasteiger partial charge on any atom is 0.262 e. The van der Waals surface area contributed by atoms with E-state index in [1.54, 1.807) is 0 Å². The summed E-state index contributed by atoms with van der Waals surface area (Å²) in [5, 5.41) is 5.05. The smallest absolute Gasteiger partial charge is 0.262 e. The van der Waals surface area contributed by atoms with E-state index in [0.29, 0.717) is 0 Å². The van der Waals surface area contributed by atoms with E-state index in [1.165, 1.54) is 17.5 Å². The lowest BCUT2D eigenvalue weighted by molar-refractivity contribution is -0.118. The van der Waals surface area contributed by atoms with E-state index in [2.05, 4.69) is 17.4 Å². The van der Waals surface area contributed by atoms with Gasteiger partial charge in [0, 0.05) is 11.1 Å².